The van der Waals surface area contributed by atoms with Gasteiger partial charge in [-0.2, -0.15) is 0 Å². The number of rotatable bonds is 5. The molecule has 5 nitrogen and oxygen atoms in total. The first-order chi connectivity index (χ1) is 11.7. The van der Waals surface area contributed by atoms with Crippen molar-refractivity contribution in [3.8, 4) is 5.75 Å². The van der Waals surface area contributed by atoms with Gasteiger partial charge in [0.2, 0.25) is 0 Å². The van der Waals surface area contributed by atoms with Gasteiger partial charge in [0.15, 0.2) is 5.75 Å². The Morgan fingerprint density at radius 2 is 1.72 bits per heavy atom. The first kappa shape index (κ1) is 19.1. The average molecular weight is 382 g/mol. The van der Waals surface area contributed by atoms with E-state index in [0.717, 1.165) is 0 Å². The minimum Gasteiger partial charge on any atom is -0.488 e. The molecule has 0 atom stereocenters. The zero-order valence-electron chi connectivity index (χ0n) is 13.9. The van der Waals surface area contributed by atoms with E-state index in [1.54, 1.807) is 13.0 Å². The monoisotopic (exact) mass is 381 g/mol. The summed E-state index contributed by atoms with van der Waals surface area (Å²) in [6.07, 6.45) is -0.106. The molecule has 0 saturated carbocycles. The van der Waals surface area contributed by atoms with Crippen molar-refractivity contribution < 1.29 is 19.4 Å². The molecule has 0 bridgehead atoms. The van der Waals surface area contributed by atoms with Gasteiger partial charge in [0.05, 0.1) is 21.7 Å². The lowest BCUT2D eigenvalue weighted by Crippen LogP contribution is -2.13. The van der Waals surface area contributed by atoms with E-state index in [-0.39, 0.29) is 27.3 Å². The van der Waals surface area contributed by atoms with Crippen LogP contribution in [0.5, 0.6) is 5.75 Å². The van der Waals surface area contributed by atoms with Gasteiger partial charge >= 0.3 is 5.97 Å². The SMILES string of the molecule is Cc1cc(NC(=O)c2cc(Cl)c(OC(C)C)c(Cl)c2)ccc1C(=O)O. The predicted molar refractivity (Wildman–Crippen MR) is 98.3 cm³/mol. The lowest BCUT2D eigenvalue weighted by Gasteiger charge is -2.14. The summed E-state index contributed by atoms with van der Waals surface area (Å²) in [5.74, 6) is -1.10. The molecule has 0 aliphatic rings. The molecule has 2 N–H and O–H groups in total. The smallest absolute Gasteiger partial charge is 0.335 e. The van der Waals surface area contributed by atoms with Gasteiger partial charge in [-0.1, -0.05) is 23.2 Å². The maximum absolute atomic E-state index is 12.4. The third-order valence-corrected chi connectivity index (χ3v) is 3.89. The Kier molecular flexibility index (Phi) is 5.93. The zero-order valence-corrected chi connectivity index (χ0v) is 15.4. The van der Waals surface area contributed by atoms with Gasteiger partial charge in [-0.05, 0) is 56.7 Å². The van der Waals surface area contributed by atoms with Crippen LogP contribution in [-0.4, -0.2) is 23.1 Å². The molecule has 2 aromatic carbocycles. The number of benzene rings is 2. The number of anilines is 1. The van der Waals surface area contributed by atoms with E-state index in [0.29, 0.717) is 17.0 Å². The van der Waals surface area contributed by atoms with E-state index >= 15 is 0 Å². The van der Waals surface area contributed by atoms with Crippen LogP contribution in [-0.2, 0) is 0 Å². The summed E-state index contributed by atoms with van der Waals surface area (Å²) in [6, 6.07) is 7.49. The number of carbonyl (C=O) groups excluding carboxylic acids is 1. The van der Waals surface area contributed by atoms with E-state index in [1.165, 1.54) is 24.3 Å². The molecular formula is C18H17Cl2NO4. The highest BCUT2D eigenvalue weighted by molar-refractivity contribution is 6.37. The summed E-state index contributed by atoms with van der Waals surface area (Å²) in [5, 5.41) is 12.2. The van der Waals surface area contributed by atoms with Crippen LogP contribution >= 0.6 is 23.2 Å². The maximum Gasteiger partial charge on any atom is 0.335 e. The van der Waals surface area contributed by atoms with Gasteiger partial charge in [0, 0.05) is 11.3 Å². The lowest BCUT2D eigenvalue weighted by atomic mass is 10.1. The van der Waals surface area contributed by atoms with Crippen LogP contribution in [0, 0.1) is 6.92 Å². The molecule has 7 heteroatoms. The molecule has 0 heterocycles. The number of halogens is 2. The van der Waals surface area contributed by atoms with Gasteiger partial charge in [-0.15, -0.1) is 0 Å². The van der Waals surface area contributed by atoms with E-state index in [4.69, 9.17) is 33.0 Å². The Hall–Kier alpha value is -2.24. The number of aromatic carboxylic acids is 1. The van der Waals surface area contributed by atoms with Crippen LogP contribution in [0.3, 0.4) is 0 Å². The standard InChI is InChI=1S/C18H17Cl2NO4/c1-9(2)25-16-14(19)7-11(8-15(16)20)17(22)21-12-4-5-13(18(23)24)10(3)6-12/h4-9H,1-3H3,(H,21,22)(H,23,24). The van der Waals surface area contributed by atoms with Crippen LogP contribution in [0.1, 0.15) is 40.1 Å². The van der Waals surface area contributed by atoms with Crippen LogP contribution in [0.25, 0.3) is 0 Å². The number of amides is 1. The van der Waals surface area contributed by atoms with Gasteiger partial charge in [-0.3, -0.25) is 4.79 Å². The third-order valence-electron chi connectivity index (χ3n) is 3.33. The molecule has 0 saturated heterocycles. The molecule has 2 rings (SSSR count). The number of carboxylic acids is 1. The van der Waals surface area contributed by atoms with Crippen molar-refractivity contribution in [3.63, 3.8) is 0 Å². The fraction of sp³-hybridized carbons (Fsp3) is 0.222. The number of nitrogens with one attached hydrogen (secondary N) is 1. The van der Waals surface area contributed by atoms with Gasteiger partial charge < -0.3 is 15.2 Å². The first-order valence-corrected chi connectivity index (χ1v) is 8.25. The number of hydrogen-bond acceptors (Lipinski definition) is 3. The number of carboxylic acid groups (broad SMARTS) is 1. The molecule has 132 valence electrons. The Morgan fingerprint density at radius 1 is 1.12 bits per heavy atom. The fourth-order valence-corrected chi connectivity index (χ4v) is 2.80. The zero-order chi connectivity index (χ0) is 18.7. The molecule has 0 aromatic heterocycles. The Morgan fingerprint density at radius 3 is 2.20 bits per heavy atom. The number of aryl methyl sites for hydroxylation is 1. The second kappa shape index (κ2) is 7.76. The number of carbonyl (C=O) groups is 2. The van der Waals surface area contributed by atoms with Crippen molar-refractivity contribution in [3.05, 3.63) is 57.1 Å². The summed E-state index contributed by atoms with van der Waals surface area (Å²) in [4.78, 5) is 23.4. The van der Waals surface area contributed by atoms with Gasteiger partial charge in [0.25, 0.3) is 5.91 Å². The van der Waals surface area contributed by atoms with Crippen LogP contribution in [0.4, 0.5) is 5.69 Å². The van der Waals surface area contributed by atoms with Crippen molar-refractivity contribution >= 4 is 40.8 Å². The van der Waals surface area contributed by atoms with Crippen molar-refractivity contribution in [1.29, 1.82) is 0 Å². The summed E-state index contributed by atoms with van der Waals surface area (Å²) in [7, 11) is 0. The molecule has 0 spiro atoms. The Balaban J connectivity index is 2.24. The summed E-state index contributed by atoms with van der Waals surface area (Å²) in [5.41, 5.74) is 1.47. The fourth-order valence-electron chi connectivity index (χ4n) is 2.22. The topological polar surface area (TPSA) is 75.6 Å². The van der Waals surface area contributed by atoms with Crippen molar-refractivity contribution in [2.75, 3.05) is 5.32 Å². The quantitative estimate of drug-likeness (QED) is 0.760. The minimum absolute atomic E-state index is 0.106. The maximum atomic E-state index is 12.4. The van der Waals surface area contributed by atoms with Crippen LogP contribution in [0.2, 0.25) is 10.0 Å². The van der Waals surface area contributed by atoms with Crippen molar-refractivity contribution in [1.82, 2.24) is 0 Å². The van der Waals surface area contributed by atoms with Crippen LogP contribution < -0.4 is 10.1 Å². The van der Waals surface area contributed by atoms with Crippen LogP contribution in [0.15, 0.2) is 30.3 Å². The normalized spacial score (nSPS) is 10.6. The van der Waals surface area contributed by atoms with E-state index in [1.807, 2.05) is 13.8 Å². The minimum atomic E-state index is -1.02. The van der Waals surface area contributed by atoms with Gasteiger partial charge in [0.1, 0.15) is 0 Å². The Labute approximate surface area is 155 Å². The second-order valence-corrected chi connectivity index (χ2v) is 6.54. The van der Waals surface area contributed by atoms with Crippen molar-refractivity contribution in [2.45, 2.75) is 26.9 Å². The molecule has 0 aliphatic heterocycles. The average Bonchev–Trinajstić information content (AvgIpc) is 2.50. The van der Waals surface area contributed by atoms with E-state index in [2.05, 4.69) is 5.32 Å². The Bertz CT molecular complexity index is 811. The number of ether oxygens (including phenoxy) is 1. The highest BCUT2D eigenvalue weighted by Gasteiger charge is 2.16. The first-order valence-electron chi connectivity index (χ1n) is 7.50. The summed E-state index contributed by atoms with van der Waals surface area (Å²) >= 11 is 12.3. The lowest BCUT2D eigenvalue weighted by molar-refractivity contribution is 0.0696. The molecule has 0 aliphatic carbocycles. The second-order valence-electron chi connectivity index (χ2n) is 5.72. The molecule has 25 heavy (non-hydrogen) atoms. The molecule has 0 unspecified atom stereocenters. The largest absolute Gasteiger partial charge is 0.488 e. The molecule has 2 aromatic rings. The van der Waals surface area contributed by atoms with E-state index in [9.17, 15) is 9.59 Å². The third kappa shape index (κ3) is 4.65. The van der Waals surface area contributed by atoms with Gasteiger partial charge in [-0.25, -0.2) is 4.79 Å². The molecule has 0 fully saturated rings. The van der Waals surface area contributed by atoms with E-state index < -0.39 is 11.9 Å². The molecule has 1 amide bonds. The summed E-state index contributed by atoms with van der Waals surface area (Å²) in [6.45, 7) is 5.34. The molecule has 0 radical (unpaired) electrons. The highest BCUT2D eigenvalue weighted by Crippen LogP contribution is 2.35. The molecular weight excluding hydrogens is 365 g/mol. The summed E-state index contributed by atoms with van der Waals surface area (Å²) < 4.78 is 5.53. The predicted octanol–water partition coefficient (Wildman–Crippen LogP) is 5.04. The highest BCUT2D eigenvalue weighted by atomic mass is 35.5. The van der Waals surface area contributed by atoms with Crippen molar-refractivity contribution in [2.24, 2.45) is 0 Å². The number of hydrogen-bond donors (Lipinski definition) is 2.